The first-order chi connectivity index (χ1) is 9.20. The van der Waals surface area contributed by atoms with Gasteiger partial charge in [0.05, 0.1) is 31.8 Å². The molecule has 1 amide bonds. The molecule has 2 rings (SSSR count). The van der Waals surface area contributed by atoms with Crippen molar-refractivity contribution in [2.45, 2.75) is 31.8 Å². The predicted octanol–water partition coefficient (Wildman–Crippen LogP) is 1.62. The van der Waals surface area contributed by atoms with E-state index in [9.17, 15) is 4.79 Å². The van der Waals surface area contributed by atoms with E-state index >= 15 is 0 Å². The fourth-order valence-electron chi connectivity index (χ4n) is 1.99. The van der Waals surface area contributed by atoms with Crippen molar-refractivity contribution in [2.24, 2.45) is 0 Å². The van der Waals surface area contributed by atoms with Gasteiger partial charge in [-0.1, -0.05) is 0 Å². The van der Waals surface area contributed by atoms with Crippen LogP contribution in [0.1, 0.15) is 25.0 Å². The van der Waals surface area contributed by atoms with Crippen molar-refractivity contribution in [3.63, 3.8) is 0 Å². The first-order valence-electron chi connectivity index (χ1n) is 6.58. The van der Waals surface area contributed by atoms with E-state index in [1.165, 1.54) is 0 Å². The normalized spacial score (nSPS) is 14.4. The Morgan fingerprint density at radius 3 is 2.95 bits per heavy atom. The molecule has 102 valence electrons. The monoisotopic (exact) mass is 261 g/mol. The number of nitriles is 1. The van der Waals surface area contributed by atoms with E-state index in [2.05, 4.69) is 11.0 Å². The Hall–Kier alpha value is -1.80. The summed E-state index contributed by atoms with van der Waals surface area (Å²) in [7, 11) is 1.75. The van der Waals surface area contributed by atoms with Crippen LogP contribution in [-0.4, -0.2) is 41.9 Å². The minimum Gasteiger partial charge on any atom is -0.468 e. The molecule has 0 aliphatic heterocycles. The van der Waals surface area contributed by atoms with E-state index < -0.39 is 0 Å². The van der Waals surface area contributed by atoms with Crippen LogP contribution in [0.2, 0.25) is 0 Å². The van der Waals surface area contributed by atoms with E-state index in [1.54, 1.807) is 18.2 Å². The van der Waals surface area contributed by atoms with Crippen molar-refractivity contribution in [3.8, 4) is 6.07 Å². The van der Waals surface area contributed by atoms with Crippen LogP contribution in [-0.2, 0) is 11.3 Å². The topological polar surface area (TPSA) is 60.5 Å². The third-order valence-corrected chi connectivity index (χ3v) is 3.33. The number of carbonyl (C=O) groups excluding carboxylic acids is 1. The number of furan rings is 1. The zero-order chi connectivity index (χ0) is 13.7. The van der Waals surface area contributed by atoms with E-state index in [1.807, 2.05) is 12.1 Å². The molecule has 0 spiro atoms. The summed E-state index contributed by atoms with van der Waals surface area (Å²) in [5.41, 5.74) is 0. The Bertz CT molecular complexity index is 446. The molecule has 0 unspecified atom stereocenters. The number of hydrogen-bond acceptors (Lipinski definition) is 4. The van der Waals surface area contributed by atoms with Crippen LogP contribution in [0.15, 0.2) is 22.8 Å². The van der Waals surface area contributed by atoms with Gasteiger partial charge in [-0.05, 0) is 25.0 Å². The fourth-order valence-corrected chi connectivity index (χ4v) is 1.99. The van der Waals surface area contributed by atoms with E-state index in [0.717, 1.165) is 18.6 Å². The van der Waals surface area contributed by atoms with Crippen LogP contribution >= 0.6 is 0 Å². The van der Waals surface area contributed by atoms with Crippen LogP contribution in [0.4, 0.5) is 0 Å². The van der Waals surface area contributed by atoms with E-state index in [4.69, 9.17) is 9.68 Å². The number of carbonyl (C=O) groups is 1. The molecule has 0 atom stereocenters. The Kier molecular flexibility index (Phi) is 4.58. The van der Waals surface area contributed by atoms with Crippen LogP contribution in [0.5, 0.6) is 0 Å². The zero-order valence-corrected chi connectivity index (χ0v) is 11.2. The smallest absolute Gasteiger partial charge is 0.236 e. The fraction of sp³-hybridized carbons (Fsp3) is 0.571. The van der Waals surface area contributed by atoms with E-state index in [-0.39, 0.29) is 5.91 Å². The summed E-state index contributed by atoms with van der Waals surface area (Å²) in [6.45, 7) is 1.57. The lowest BCUT2D eigenvalue weighted by molar-refractivity contribution is -0.131. The van der Waals surface area contributed by atoms with Gasteiger partial charge in [0, 0.05) is 19.6 Å². The molecule has 0 saturated heterocycles. The highest BCUT2D eigenvalue weighted by Crippen LogP contribution is 2.28. The molecule has 5 heteroatoms. The van der Waals surface area contributed by atoms with Gasteiger partial charge in [0.15, 0.2) is 0 Å². The molecule has 1 aromatic rings. The second-order valence-corrected chi connectivity index (χ2v) is 4.94. The summed E-state index contributed by atoms with van der Waals surface area (Å²) in [6.07, 6.45) is 4.33. The maximum atomic E-state index is 12.1. The molecule has 1 aromatic heterocycles. The van der Waals surface area contributed by atoms with Gasteiger partial charge in [-0.2, -0.15) is 5.26 Å². The van der Waals surface area contributed by atoms with Gasteiger partial charge in [-0.25, -0.2) is 0 Å². The summed E-state index contributed by atoms with van der Waals surface area (Å²) < 4.78 is 5.34. The van der Waals surface area contributed by atoms with Gasteiger partial charge in [-0.3, -0.25) is 9.69 Å². The third-order valence-electron chi connectivity index (χ3n) is 3.33. The molecule has 0 aromatic carbocycles. The molecule has 1 saturated carbocycles. The second kappa shape index (κ2) is 6.39. The summed E-state index contributed by atoms with van der Waals surface area (Å²) in [5.74, 6) is 0.952. The minimum atomic E-state index is 0.0636. The lowest BCUT2D eigenvalue weighted by Crippen LogP contribution is -2.39. The predicted molar refractivity (Wildman–Crippen MR) is 70.0 cm³/mol. The van der Waals surface area contributed by atoms with Gasteiger partial charge in [0.2, 0.25) is 5.91 Å². The standard InChI is InChI=1S/C14H19N3O2/c1-16(8-3-7-15)14(18)11-17(12-5-6-12)10-13-4-2-9-19-13/h2,4,9,12H,3,5-6,8,10-11H2,1H3. The number of nitrogens with zero attached hydrogens (tertiary/aromatic N) is 3. The summed E-state index contributed by atoms with van der Waals surface area (Å²) in [4.78, 5) is 15.8. The van der Waals surface area contributed by atoms with Crippen LogP contribution < -0.4 is 0 Å². The Labute approximate surface area is 113 Å². The van der Waals surface area contributed by atoms with Gasteiger partial charge < -0.3 is 9.32 Å². The van der Waals surface area contributed by atoms with Gasteiger partial charge in [0.25, 0.3) is 0 Å². The second-order valence-electron chi connectivity index (χ2n) is 4.94. The van der Waals surface area contributed by atoms with Gasteiger partial charge in [-0.15, -0.1) is 0 Å². The largest absolute Gasteiger partial charge is 0.468 e. The van der Waals surface area contributed by atoms with Crippen molar-refractivity contribution in [2.75, 3.05) is 20.1 Å². The lowest BCUT2D eigenvalue weighted by atomic mass is 10.3. The maximum absolute atomic E-state index is 12.1. The molecule has 1 aliphatic rings. The molecule has 0 radical (unpaired) electrons. The molecule has 1 heterocycles. The van der Waals surface area contributed by atoms with Crippen molar-refractivity contribution >= 4 is 5.91 Å². The number of rotatable bonds is 7. The highest BCUT2D eigenvalue weighted by Gasteiger charge is 2.31. The van der Waals surface area contributed by atoms with E-state index in [0.29, 0.717) is 32.1 Å². The third kappa shape index (κ3) is 4.11. The highest BCUT2D eigenvalue weighted by molar-refractivity contribution is 5.78. The number of amides is 1. The summed E-state index contributed by atoms with van der Waals surface area (Å²) >= 11 is 0. The summed E-state index contributed by atoms with van der Waals surface area (Å²) in [5, 5.41) is 8.54. The van der Waals surface area contributed by atoms with Crippen molar-refractivity contribution < 1.29 is 9.21 Å². The Balaban J connectivity index is 1.86. The Morgan fingerprint density at radius 2 is 2.37 bits per heavy atom. The van der Waals surface area contributed by atoms with Crippen LogP contribution in [0, 0.1) is 11.3 Å². The van der Waals surface area contributed by atoms with Crippen LogP contribution in [0.3, 0.4) is 0 Å². The number of likely N-dealkylation sites (N-methyl/N-ethyl adjacent to an activating group) is 1. The zero-order valence-electron chi connectivity index (χ0n) is 11.2. The van der Waals surface area contributed by atoms with Gasteiger partial charge in [0.1, 0.15) is 5.76 Å². The lowest BCUT2D eigenvalue weighted by Gasteiger charge is -2.23. The maximum Gasteiger partial charge on any atom is 0.236 e. The van der Waals surface area contributed by atoms with Crippen molar-refractivity contribution in [1.29, 1.82) is 5.26 Å². The minimum absolute atomic E-state index is 0.0636. The van der Waals surface area contributed by atoms with Gasteiger partial charge >= 0.3 is 0 Å². The summed E-state index contributed by atoms with van der Waals surface area (Å²) in [6, 6.07) is 6.35. The van der Waals surface area contributed by atoms with Crippen molar-refractivity contribution in [3.05, 3.63) is 24.2 Å². The van der Waals surface area contributed by atoms with Crippen molar-refractivity contribution in [1.82, 2.24) is 9.80 Å². The molecule has 19 heavy (non-hydrogen) atoms. The molecule has 1 fully saturated rings. The quantitative estimate of drug-likeness (QED) is 0.748. The van der Waals surface area contributed by atoms with Crippen LogP contribution in [0.25, 0.3) is 0 Å². The first-order valence-corrected chi connectivity index (χ1v) is 6.58. The Morgan fingerprint density at radius 1 is 1.58 bits per heavy atom. The average molecular weight is 261 g/mol. The molecule has 1 aliphatic carbocycles. The molecule has 0 bridgehead atoms. The molecule has 0 N–H and O–H groups in total. The SMILES string of the molecule is CN(CCC#N)C(=O)CN(Cc1ccco1)C1CC1. The molecule has 5 nitrogen and oxygen atoms in total. The first kappa shape index (κ1) is 13.6. The molecular weight excluding hydrogens is 242 g/mol. The highest BCUT2D eigenvalue weighted by atomic mass is 16.3. The average Bonchev–Trinajstić information content (AvgIpc) is 3.13. The molecular formula is C14H19N3O2. The number of hydrogen-bond donors (Lipinski definition) is 0.